The fourth-order valence-electron chi connectivity index (χ4n) is 4.29. The first-order valence-corrected chi connectivity index (χ1v) is 12.9. The third-order valence-corrected chi connectivity index (χ3v) is 7.89. The lowest BCUT2D eigenvalue weighted by molar-refractivity contribution is -0.147. The van der Waals surface area contributed by atoms with Gasteiger partial charge in [0.25, 0.3) is 5.91 Å². The molecule has 33 heavy (non-hydrogen) atoms. The predicted octanol–water partition coefficient (Wildman–Crippen LogP) is 2.11. The fourth-order valence-corrected chi connectivity index (χ4v) is 6.18. The average molecular weight is 484 g/mol. The van der Waals surface area contributed by atoms with Gasteiger partial charge in [0.2, 0.25) is 0 Å². The number of carbonyl (C=O) groups is 3. The molecule has 3 rings (SSSR count). The zero-order valence-corrected chi connectivity index (χ0v) is 21.0. The van der Waals surface area contributed by atoms with Crippen LogP contribution < -0.4 is 5.73 Å². The second kappa shape index (κ2) is 11.0. The molecule has 0 radical (unpaired) electrons. The molecule has 0 aromatic carbocycles. The number of esters is 1. The van der Waals surface area contributed by atoms with E-state index in [4.69, 9.17) is 15.2 Å². The molecule has 2 saturated heterocycles. The molecule has 10 nitrogen and oxygen atoms in total. The molecule has 3 aliphatic heterocycles. The van der Waals surface area contributed by atoms with Crippen molar-refractivity contribution in [3.05, 3.63) is 0 Å². The number of hydrazone groups is 1. The molecule has 1 unspecified atom stereocenters. The zero-order valence-electron chi connectivity index (χ0n) is 20.2. The highest BCUT2D eigenvalue weighted by atomic mass is 32.2. The largest absolute Gasteiger partial charge is 0.469 e. The SMILES string of the molecule is COC(=O)C1CCN(CCC2=S(C(=O)OC(C)(C)C)C(C(N)=O)=NN2N2CCCCC2)CC1. The van der Waals surface area contributed by atoms with Gasteiger partial charge in [-0.05, 0) is 59.5 Å². The molecule has 11 heteroatoms. The first-order chi connectivity index (χ1) is 15.6. The van der Waals surface area contributed by atoms with Crippen LogP contribution in [-0.4, -0.2) is 87.7 Å². The van der Waals surface area contributed by atoms with Crippen LogP contribution in [0.1, 0.15) is 59.3 Å². The number of hydrazine groups is 1. The highest BCUT2D eigenvalue weighted by Gasteiger charge is 2.38. The smallest absolute Gasteiger partial charge is 0.370 e. The minimum absolute atomic E-state index is 0.0589. The number of nitrogens with zero attached hydrogens (tertiary/aromatic N) is 4. The van der Waals surface area contributed by atoms with Crippen molar-refractivity contribution in [3.8, 4) is 0 Å². The number of amides is 1. The van der Waals surface area contributed by atoms with Gasteiger partial charge in [0.05, 0.1) is 18.0 Å². The minimum Gasteiger partial charge on any atom is -0.469 e. The fraction of sp³-hybridized carbons (Fsp3) is 0.773. The van der Waals surface area contributed by atoms with E-state index in [9.17, 15) is 14.4 Å². The van der Waals surface area contributed by atoms with E-state index in [2.05, 4.69) is 15.0 Å². The van der Waals surface area contributed by atoms with Crippen molar-refractivity contribution in [1.82, 2.24) is 15.0 Å². The maximum Gasteiger partial charge on any atom is 0.370 e. The molecule has 0 aromatic rings. The first kappa shape index (κ1) is 25.6. The summed E-state index contributed by atoms with van der Waals surface area (Å²) >= 11 is 0. The van der Waals surface area contributed by atoms with Crippen LogP contribution in [0.5, 0.6) is 0 Å². The Bertz CT molecular complexity index is 824. The third-order valence-electron chi connectivity index (χ3n) is 5.97. The van der Waals surface area contributed by atoms with E-state index in [0.717, 1.165) is 63.3 Å². The number of hydrogen-bond acceptors (Lipinski definition) is 9. The Balaban J connectivity index is 1.82. The second-order valence-electron chi connectivity index (χ2n) is 9.63. The molecule has 2 fully saturated rings. The molecule has 1 atom stereocenters. The average Bonchev–Trinajstić information content (AvgIpc) is 3.17. The summed E-state index contributed by atoms with van der Waals surface area (Å²) in [5.41, 5.74) is 4.97. The highest BCUT2D eigenvalue weighted by molar-refractivity contribution is 8.41. The summed E-state index contributed by atoms with van der Waals surface area (Å²) in [4.78, 5) is 40.3. The third kappa shape index (κ3) is 6.54. The number of carbonyl (C=O) groups excluding carboxylic acids is 3. The molecule has 2 N–H and O–H groups in total. The monoisotopic (exact) mass is 483 g/mol. The van der Waals surface area contributed by atoms with Gasteiger partial charge in [0.15, 0.2) is 5.04 Å². The molecule has 3 heterocycles. The Morgan fingerprint density at radius 3 is 2.27 bits per heavy atom. The second-order valence-corrected chi connectivity index (χ2v) is 11.4. The lowest BCUT2D eigenvalue weighted by Crippen LogP contribution is -2.46. The Labute approximate surface area is 198 Å². The highest BCUT2D eigenvalue weighted by Crippen LogP contribution is 2.34. The molecule has 3 aliphatic rings. The van der Waals surface area contributed by atoms with Crippen LogP contribution in [0, 0.1) is 5.92 Å². The topological polar surface area (TPSA) is 118 Å². The van der Waals surface area contributed by atoms with Gasteiger partial charge < -0.3 is 20.1 Å². The number of rotatable bonds is 6. The number of primary amides is 1. The van der Waals surface area contributed by atoms with Crippen LogP contribution in [0.4, 0.5) is 4.79 Å². The van der Waals surface area contributed by atoms with Crippen LogP contribution in [0.2, 0.25) is 0 Å². The van der Waals surface area contributed by atoms with Crippen molar-refractivity contribution in [2.75, 3.05) is 39.8 Å². The molecular weight excluding hydrogens is 446 g/mol. The van der Waals surface area contributed by atoms with Gasteiger partial charge in [-0.2, -0.15) is 10.1 Å². The predicted molar refractivity (Wildman–Crippen MR) is 129 cm³/mol. The standard InChI is InChI=1S/C22H37N5O5S/c1-22(2,3)32-21(30)33-17(10-15-25-13-8-16(9-14-25)20(29)31-4)27(24-19(33)18(23)28)26-11-6-5-7-12-26/h16H,5-15H2,1-4H3,(H2,23,28). The Hall–Kier alpha value is -1.98. The normalized spacial score (nSPS) is 23.4. The molecule has 0 spiro atoms. The summed E-state index contributed by atoms with van der Waals surface area (Å²) in [5, 5.41) is 7.98. The van der Waals surface area contributed by atoms with E-state index < -0.39 is 27.3 Å². The van der Waals surface area contributed by atoms with Gasteiger partial charge in [-0.25, -0.2) is 4.79 Å². The van der Waals surface area contributed by atoms with Gasteiger partial charge in [-0.3, -0.25) is 9.59 Å². The molecule has 1 amide bonds. The van der Waals surface area contributed by atoms with Crippen molar-refractivity contribution in [2.45, 2.75) is 64.9 Å². The quantitative estimate of drug-likeness (QED) is 0.451. The number of nitrogens with two attached hydrogens (primary N) is 1. The molecular formula is C22H37N5O5S. The van der Waals surface area contributed by atoms with E-state index in [1.807, 2.05) is 0 Å². The van der Waals surface area contributed by atoms with Gasteiger partial charge in [0.1, 0.15) is 5.60 Å². The van der Waals surface area contributed by atoms with Crippen molar-refractivity contribution >= 4 is 37.7 Å². The maximum atomic E-state index is 13.2. The Kier molecular flexibility index (Phi) is 8.52. The van der Waals surface area contributed by atoms with Crippen LogP contribution in [0.15, 0.2) is 5.10 Å². The lowest BCUT2D eigenvalue weighted by atomic mass is 9.97. The lowest BCUT2D eigenvalue weighted by Gasteiger charge is -2.36. The maximum absolute atomic E-state index is 13.2. The van der Waals surface area contributed by atoms with Crippen molar-refractivity contribution in [3.63, 3.8) is 0 Å². The van der Waals surface area contributed by atoms with Gasteiger partial charge >= 0.3 is 11.3 Å². The number of hydrogen-bond donors (Lipinski definition) is 1. The van der Waals surface area contributed by atoms with E-state index >= 15 is 0 Å². The Morgan fingerprint density at radius 2 is 1.73 bits per heavy atom. The number of methoxy groups -OCH3 is 1. The van der Waals surface area contributed by atoms with E-state index in [1.165, 1.54) is 7.11 Å². The number of ether oxygens (including phenoxy) is 2. The molecule has 186 valence electrons. The minimum atomic E-state index is -1.26. The summed E-state index contributed by atoms with van der Waals surface area (Å²) in [6, 6.07) is 0. The number of likely N-dealkylation sites (tertiary alicyclic amines) is 1. The molecule has 0 aliphatic carbocycles. The van der Waals surface area contributed by atoms with Gasteiger partial charge in [-0.15, -0.1) is 5.10 Å². The van der Waals surface area contributed by atoms with Crippen LogP contribution >= 0.6 is 10.5 Å². The van der Waals surface area contributed by atoms with E-state index in [1.54, 1.807) is 25.9 Å². The molecule has 0 saturated carbocycles. The number of piperidine rings is 2. The summed E-state index contributed by atoms with van der Waals surface area (Å²) in [5.74, 6) is -0.904. The van der Waals surface area contributed by atoms with E-state index in [-0.39, 0.29) is 16.9 Å². The van der Waals surface area contributed by atoms with Crippen molar-refractivity contribution in [1.29, 1.82) is 0 Å². The molecule has 0 aromatic heterocycles. The molecule has 0 bridgehead atoms. The van der Waals surface area contributed by atoms with E-state index in [0.29, 0.717) is 13.0 Å². The Morgan fingerprint density at radius 1 is 1.09 bits per heavy atom. The summed E-state index contributed by atoms with van der Waals surface area (Å²) in [6.07, 6.45) is 5.28. The van der Waals surface area contributed by atoms with Gasteiger partial charge in [-0.1, -0.05) is 6.42 Å². The first-order valence-electron chi connectivity index (χ1n) is 11.7. The van der Waals surface area contributed by atoms with Crippen molar-refractivity contribution < 1.29 is 23.9 Å². The summed E-state index contributed by atoms with van der Waals surface area (Å²) in [7, 11) is 0.164. The zero-order chi connectivity index (χ0) is 24.2. The van der Waals surface area contributed by atoms with Crippen LogP contribution in [-0.2, 0) is 19.1 Å². The summed E-state index contributed by atoms with van der Waals surface area (Å²) in [6.45, 7) is 9.30. The summed E-state index contributed by atoms with van der Waals surface area (Å²) < 4.78 is 10.5. The van der Waals surface area contributed by atoms with Crippen LogP contribution in [0.25, 0.3) is 0 Å². The van der Waals surface area contributed by atoms with Crippen LogP contribution in [0.3, 0.4) is 0 Å². The van der Waals surface area contributed by atoms with Crippen molar-refractivity contribution in [2.24, 2.45) is 16.8 Å². The van der Waals surface area contributed by atoms with Gasteiger partial charge in [0, 0.05) is 36.5 Å².